The van der Waals surface area contributed by atoms with Crippen molar-refractivity contribution in [2.45, 2.75) is 32.5 Å². The van der Waals surface area contributed by atoms with Crippen molar-refractivity contribution in [2.24, 2.45) is 0 Å². The van der Waals surface area contributed by atoms with E-state index in [1.54, 1.807) is 30.0 Å². The Balaban J connectivity index is 1.49. The number of carbonyl (C=O) groups excluding carboxylic acids is 2. The van der Waals surface area contributed by atoms with Gasteiger partial charge in [0.2, 0.25) is 0 Å². The molecule has 1 aromatic carbocycles. The summed E-state index contributed by atoms with van der Waals surface area (Å²) in [7, 11) is 0. The SMILES string of the molecule is C[C@@H](COc1ccc2c(c1)COC2=O)OC(=O)N1CCCC1. The smallest absolute Gasteiger partial charge is 0.410 e. The maximum atomic E-state index is 11.9. The Hall–Kier alpha value is -2.24. The van der Waals surface area contributed by atoms with Crippen LogP contribution < -0.4 is 4.74 Å². The van der Waals surface area contributed by atoms with Crippen molar-refractivity contribution in [3.05, 3.63) is 29.3 Å². The van der Waals surface area contributed by atoms with Gasteiger partial charge in [0, 0.05) is 18.7 Å². The molecule has 0 bridgehead atoms. The van der Waals surface area contributed by atoms with Crippen molar-refractivity contribution < 1.29 is 23.8 Å². The van der Waals surface area contributed by atoms with Crippen LogP contribution in [-0.4, -0.2) is 42.8 Å². The van der Waals surface area contributed by atoms with E-state index >= 15 is 0 Å². The molecule has 0 N–H and O–H groups in total. The average molecular weight is 305 g/mol. The molecular formula is C16H19NO5. The van der Waals surface area contributed by atoms with Crippen LogP contribution >= 0.6 is 0 Å². The average Bonchev–Trinajstić information content (AvgIpc) is 3.15. The van der Waals surface area contributed by atoms with Crippen LogP contribution in [0.25, 0.3) is 0 Å². The van der Waals surface area contributed by atoms with Gasteiger partial charge in [0.25, 0.3) is 0 Å². The van der Waals surface area contributed by atoms with E-state index in [9.17, 15) is 9.59 Å². The molecule has 2 aliphatic heterocycles. The molecule has 1 fully saturated rings. The number of fused-ring (bicyclic) bond motifs is 1. The molecule has 0 aliphatic carbocycles. The highest BCUT2D eigenvalue weighted by Gasteiger charge is 2.23. The molecule has 2 aliphatic rings. The van der Waals surface area contributed by atoms with Gasteiger partial charge in [-0.1, -0.05) is 0 Å². The van der Waals surface area contributed by atoms with E-state index in [2.05, 4.69) is 0 Å². The second-order valence-corrected chi connectivity index (χ2v) is 5.59. The first-order valence-electron chi connectivity index (χ1n) is 7.52. The second-order valence-electron chi connectivity index (χ2n) is 5.59. The van der Waals surface area contributed by atoms with Crippen LogP contribution in [0.1, 0.15) is 35.7 Å². The summed E-state index contributed by atoms with van der Waals surface area (Å²) in [6, 6.07) is 5.20. The molecule has 6 heteroatoms. The zero-order valence-corrected chi connectivity index (χ0v) is 12.5. The van der Waals surface area contributed by atoms with Gasteiger partial charge >= 0.3 is 12.1 Å². The van der Waals surface area contributed by atoms with E-state index < -0.39 is 0 Å². The molecule has 1 atom stereocenters. The van der Waals surface area contributed by atoms with Crippen LogP contribution in [0, 0.1) is 0 Å². The number of likely N-dealkylation sites (tertiary alicyclic amines) is 1. The lowest BCUT2D eigenvalue weighted by Crippen LogP contribution is -2.33. The minimum absolute atomic E-state index is 0.271. The number of amides is 1. The zero-order valence-electron chi connectivity index (χ0n) is 12.5. The Kier molecular flexibility index (Phi) is 4.18. The quantitative estimate of drug-likeness (QED) is 0.799. The molecule has 0 unspecified atom stereocenters. The third-order valence-corrected chi connectivity index (χ3v) is 3.81. The molecule has 0 saturated carbocycles. The lowest BCUT2D eigenvalue weighted by atomic mass is 10.1. The normalized spacial score (nSPS) is 17.9. The van der Waals surface area contributed by atoms with Gasteiger partial charge < -0.3 is 19.1 Å². The Bertz CT molecular complexity index is 580. The number of ether oxygens (including phenoxy) is 3. The third kappa shape index (κ3) is 3.16. The molecular weight excluding hydrogens is 286 g/mol. The van der Waals surface area contributed by atoms with Crippen LogP contribution in [0.5, 0.6) is 5.75 Å². The van der Waals surface area contributed by atoms with E-state index in [-0.39, 0.29) is 31.4 Å². The molecule has 0 aromatic heterocycles. The summed E-state index contributed by atoms with van der Waals surface area (Å²) in [5.41, 5.74) is 1.41. The van der Waals surface area contributed by atoms with Crippen molar-refractivity contribution in [2.75, 3.05) is 19.7 Å². The number of cyclic esters (lactones) is 1. The number of hydrogen-bond donors (Lipinski definition) is 0. The monoisotopic (exact) mass is 305 g/mol. The Morgan fingerprint density at radius 2 is 2.14 bits per heavy atom. The molecule has 1 amide bonds. The zero-order chi connectivity index (χ0) is 15.5. The summed E-state index contributed by atoms with van der Waals surface area (Å²) in [5.74, 6) is 0.343. The van der Waals surface area contributed by atoms with E-state index in [4.69, 9.17) is 14.2 Å². The molecule has 0 radical (unpaired) electrons. The second kappa shape index (κ2) is 6.25. The minimum Gasteiger partial charge on any atom is -0.490 e. The summed E-state index contributed by atoms with van der Waals surface area (Å²) >= 11 is 0. The van der Waals surface area contributed by atoms with E-state index in [0.717, 1.165) is 31.5 Å². The highest BCUT2D eigenvalue weighted by molar-refractivity contribution is 5.93. The van der Waals surface area contributed by atoms with Gasteiger partial charge in [-0.15, -0.1) is 0 Å². The molecule has 118 valence electrons. The number of hydrogen-bond acceptors (Lipinski definition) is 5. The molecule has 6 nitrogen and oxygen atoms in total. The predicted molar refractivity (Wildman–Crippen MR) is 77.8 cm³/mol. The minimum atomic E-state index is -0.334. The summed E-state index contributed by atoms with van der Waals surface area (Å²) in [4.78, 5) is 24.9. The maximum absolute atomic E-state index is 11.9. The third-order valence-electron chi connectivity index (χ3n) is 3.81. The lowest BCUT2D eigenvalue weighted by Gasteiger charge is -2.19. The van der Waals surface area contributed by atoms with E-state index in [1.165, 1.54) is 0 Å². The van der Waals surface area contributed by atoms with Gasteiger partial charge in [0.05, 0.1) is 5.56 Å². The number of benzene rings is 1. The van der Waals surface area contributed by atoms with Crippen LogP contribution in [0.4, 0.5) is 4.79 Å². The van der Waals surface area contributed by atoms with Crippen LogP contribution in [0.15, 0.2) is 18.2 Å². The largest absolute Gasteiger partial charge is 0.490 e. The van der Waals surface area contributed by atoms with Gasteiger partial charge in [-0.3, -0.25) is 0 Å². The fourth-order valence-corrected chi connectivity index (χ4v) is 2.59. The molecule has 22 heavy (non-hydrogen) atoms. The van der Waals surface area contributed by atoms with Gasteiger partial charge in [-0.25, -0.2) is 9.59 Å². The first kappa shape index (κ1) is 14.7. The standard InChI is InChI=1S/C16H19NO5/c1-11(22-16(19)17-6-2-3-7-17)9-20-13-4-5-14-12(8-13)10-21-15(14)18/h4-5,8,11H,2-3,6-7,9-10H2,1H3/t11-/m0/s1. The van der Waals surface area contributed by atoms with Crippen molar-refractivity contribution in [1.29, 1.82) is 0 Å². The fraction of sp³-hybridized carbons (Fsp3) is 0.500. The first-order chi connectivity index (χ1) is 10.6. The fourth-order valence-electron chi connectivity index (χ4n) is 2.59. The summed E-state index contributed by atoms with van der Waals surface area (Å²) < 4.78 is 15.9. The van der Waals surface area contributed by atoms with Crippen LogP contribution in [0.2, 0.25) is 0 Å². The summed E-state index contributed by atoms with van der Waals surface area (Å²) in [6.45, 7) is 3.89. The first-order valence-corrected chi connectivity index (χ1v) is 7.52. The van der Waals surface area contributed by atoms with E-state index in [0.29, 0.717) is 11.3 Å². The van der Waals surface area contributed by atoms with E-state index in [1.807, 2.05) is 0 Å². The highest BCUT2D eigenvalue weighted by Crippen LogP contribution is 2.24. The van der Waals surface area contributed by atoms with Gasteiger partial charge in [0.1, 0.15) is 25.1 Å². The van der Waals surface area contributed by atoms with Gasteiger partial charge in [-0.05, 0) is 38.0 Å². The molecule has 1 saturated heterocycles. The lowest BCUT2D eigenvalue weighted by molar-refractivity contribution is 0.0523. The Labute approximate surface area is 128 Å². The highest BCUT2D eigenvalue weighted by atomic mass is 16.6. The topological polar surface area (TPSA) is 65.1 Å². The predicted octanol–water partition coefficient (Wildman–Crippen LogP) is 2.36. The maximum Gasteiger partial charge on any atom is 0.410 e. The van der Waals surface area contributed by atoms with Gasteiger partial charge in [-0.2, -0.15) is 0 Å². The number of rotatable bonds is 4. The van der Waals surface area contributed by atoms with Crippen molar-refractivity contribution in [1.82, 2.24) is 4.90 Å². The Morgan fingerprint density at radius 1 is 1.36 bits per heavy atom. The number of carbonyl (C=O) groups is 2. The van der Waals surface area contributed by atoms with Crippen molar-refractivity contribution >= 4 is 12.1 Å². The summed E-state index contributed by atoms with van der Waals surface area (Å²) in [6.07, 6.45) is 1.46. The van der Waals surface area contributed by atoms with Gasteiger partial charge in [0.15, 0.2) is 0 Å². The summed E-state index contributed by atoms with van der Waals surface area (Å²) in [5, 5.41) is 0. The molecule has 2 heterocycles. The van der Waals surface area contributed by atoms with Crippen molar-refractivity contribution in [3.63, 3.8) is 0 Å². The Morgan fingerprint density at radius 3 is 2.91 bits per heavy atom. The molecule has 0 spiro atoms. The molecule has 3 rings (SSSR count). The number of nitrogens with zero attached hydrogens (tertiary/aromatic N) is 1. The van der Waals surface area contributed by atoms with Crippen LogP contribution in [0.3, 0.4) is 0 Å². The molecule has 1 aromatic rings. The number of esters is 1. The van der Waals surface area contributed by atoms with Crippen LogP contribution in [-0.2, 0) is 16.1 Å². The van der Waals surface area contributed by atoms with Crippen molar-refractivity contribution in [3.8, 4) is 5.75 Å².